The van der Waals surface area contributed by atoms with Gasteiger partial charge in [0.25, 0.3) is 0 Å². The lowest BCUT2D eigenvalue weighted by Crippen LogP contribution is -1.68. The van der Waals surface area contributed by atoms with Gasteiger partial charge in [0, 0.05) is 22.5 Å². The van der Waals surface area contributed by atoms with Gasteiger partial charge >= 0.3 is 0 Å². The van der Waals surface area contributed by atoms with Crippen molar-refractivity contribution in [3.05, 3.63) is 42.7 Å². The molecule has 0 bridgehead atoms. The Morgan fingerprint density at radius 2 is 2.15 bits per heavy atom. The summed E-state index contributed by atoms with van der Waals surface area (Å²) in [5.74, 6) is 0. The Morgan fingerprint density at radius 3 is 3.15 bits per heavy atom. The van der Waals surface area contributed by atoms with E-state index in [1.807, 2.05) is 36.7 Å². The van der Waals surface area contributed by atoms with Gasteiger partial charge in [0.15, 0.2) is 0 Å². The van der Waals surface area contributed by atoms with Gasteiger partial charge in [-0.1, -0.05) is 6.07 Å². The zero-order chi connectivity index (χ0) is 8.67. The minimum absolute atomic E-state index is 1.08. The molecule has 0 aliphatic heterocycles. The van der Waals surface area contributed by atoms with Gasteiger partial charge < -0.3 is 4.98 Å². The molecule has 1 aromatic carbocycles. The smallest absolute Gasteiger partial charge is 0.0651 e. The number of hydrogen-bond donors (Lipinski definition) is 1. The summed E-state index contributed by atoms with van der Waals surface area (Å²) >= 11 is 0. The SMILES string of the molecule is [c]1ccc2[nH]c3cnccc3c2c1. The summed E-state index contributed by atoms with van der Waals surface area (Å²) in [7, 11) is 0. The summed E-state index contributed by atoms with van der Waals surface area (Å²) in [6.45, 7) is 0. The summed E-state index contributed by atoms with van der Waals surface area (Å²) in [5, 5.41) is 2.42. The zero-order valence-electron chi connectivity index (χ0n) is 6.91. The van der Waals surface area contributed by atoms with Crippen LogP contribution < -0.4 is 0 Å². The van der Waals surface area contributed by atoms with Gasteiger partial charge in [-0.05, 0) is 24.3 Å². The molecule has 0 saturated carbocycles. The highest BCUT2D eigenvalue weighted by Crippen LogP contribution is 2.23. The number of pyridine rings is 1. The minimum atomic E-state index is 1.08. The summed E-state index contributed by atoms with van der Waals surface area (Å²) in [5.41, 5.74) is 2.22. The molecular formula is C11H7N2. The van der Waals surface area contributed by atoms with Crippen molar-refractivity contribution in [2.75, 3.05) is 0 Å². The average molecular weight is 167 g/mol. The van der Waals surface area contributed by atoms with E-state index in [2.05, 4.69) is 16.0 Å². The average Bonchev–Trinajstić information content (AvgIpc) is 2.56. The molecule has 2 aromatic heterocycles. The Kier molecular flexibility index (Phi) is 1.19. The second-order valence-corrected chi connectivity index (χ2v) is 3.02. The number of hydrogen-bond acceptors (Lipinski definition) is 1. The van der Waals surface area contributed by atoms with Crippen molar-refractivity contribution >= 4 is 21.8 Å². The summed E-state index contributed by atoms with van der Waals surface area (Å²) in [4.78, 5) is 7.36. The maximum Gasteiger partial charge on any atom is 0.0651 e. The minimum Gasteiger partial charge on any atom is -0.353 e. The fraction of sp³-hybridized carbons (Fsp3) is 0. The lowest BCUT2D eigenvalue weighted by Gasteiger charge is -1.86. The Hall–Kier alpha value is -1.83. The first-order valence-electron chi connectivity index (χ1n) is 4.17. The first kappa shape index (κ1) is 6.66. The molecule has 0 saturated heterocycles. The molecule has 2 nitrogen and oxygen atoms in total. The lowest BCUT2D eigenvalue weighted by molar-refractivity contribution is 1.35. The first-order valence-corrected chi connectivity index (χ1v) is 4.17. The molecule has 0 aliphatic rings. The molecule has 0 unspecified atom stereocenters. The van der Waals surface area contributed by atoms with Gasteiger partial charge in [-0.25, -0.2) is 0 Å². The Morgan fingerprint density at radius 1 is 1.15 bits per heavy atom. The van der Waals surface area contributed by atoms with Crippen LogP contribution in [0.2, 0.25) is 0 Å². The normalized spacial score (nSPS) is 11.1. The molecule has 0 fully saturated rings. The molecule has 0 spiro atoms. The van der Waals surface area contributed by atoms with Crippen LogP contribution in [0.1, 0.15) is 0 Å². The number of rotatable bonds is 0. The van der Waals surface area contributed by atoms with Crippen molar-refractivity contribution in [1.82, 2.24) is 9.97 Å². The van der Waals surface area contributed by atoms with Crippen molar-refractivity contribution in [2.24, 2.45) is 0 Å². The molecular weight excluding hydrogens is 160 g/mol. The number of nitrogens with one attached hydrogen (secondary N) is 1. The predicted molar refractivity (Wildman–Crippen MR) is 52.4 cm³/mol. The summed E-state index contributed by atoms with van der Waals surface area (Å²) in [6.07, 6.45) is 3.65. The van der Waals surface area contributed by atoms with Crippen LogP contribution in [0.3, 0.4) is 0 Å². The maximum atomic E-state index is 4.07. The number of fused-ring (bicyclic) bond motifs is 3. The van der Waals surface area contributed by atoms with Gasteiger partial charge in [0.2, 0.25) is 0 Å². The highest BCUT2D eigenvalue weighted by molar-refractivity contribution is 6.06. The maximum absolute atomic E-state index is 4.07. The van der Waals surface area contributed by atoms with Crippen molar-refractivity contribution in [3.8, 4) is 0 Å². The van der Waals surface area contributed by atoms with E-state index in [0.29, 0.717) is 0 Å². The van der Waals surface area contributed by atoms with Gasteiger partial charge in [-0.15, -0.1) is 0 Å². The topological polar surface area (TPSA) is 28.7 Å². The third kappa shape index (κ3) is 0.855. The molecule has 61 valence electrons. The highest BCUT2D eigenvalue weighted by Gasteiger charge is 2.00. The van der Waals surface area contributed by atoms with E-state index in [4.69, 9.17) is 0 Å². The van der Waals surface area contributed by atoms with E-state index >= 15 is 0 Å². The van der Waals surface area contributed by atoms with Crippen LogP contribution in [-0.2, 0) is 0 Å². The molecule has 0 amide bonds. The Bertz CT molecular complexity index is 516. The van der Waals surface area contributed by atoms with E-state index < -0.39 is 0 Å². The number of H-pyrrole nitrogens is 1. The van der Waals surface area contributed by atoms with Crippen LogP contribution in [-0.4, -0.2) is 9.97 Å². The quantitative estimate of drug-likeness (QED) is 0.547. The molecule has 3 rings (SSSR count). The van der Waals surface area contributed by atoms with Gasteiger partial charge in [-0.2, -0.15) is 0 Å². The van der Waals surface area contributed by atoms with E-state index in [9.17, 15) is 0 Å². The van der Waals surface area contributed by atoms with Crippen molar-refractivity contribution in [2.45, 2.75) is 0 Å². The number of aromatic amines is 1. The molecule has 13 heavy (non-hydrogen) atoms. The Labute approximate surface area is 75.2 Å². The largest absolute Gasteiger partial charge is 0.353 e. The van der Waals surface area contributed by atoms with E-state index in [1.54, 1.807) is 0 Å². The Balaban J connectivity index is 2.64. The van der Waals surface area contributed by atoms with Crippen LogP contribution in [0.4, 0.5) is 0 Å². The first-order chi connectivity index (χ1) is 6.45. The second kappa shape index (κ2) is 2.33. The van der Waals surface area contributed by atoms with Gasteiger partial charge in [0.05, 0.1) is 11.7 Å². The second-order valence-electron chi connectivity index (χ2n) is 3.02. The van der Waals surface area contributed by atoms with Crippen molar-refractivity contribution in [3.63, 3.8) is 0 Å². The van der Waals surface area contributed by atoms with Crippen molar-refractivity contribution in [1.29, 1.82) is 0 Å². The van der Waals surface area contributed by atoms with Crippen LogP contribution in [0.15, 0.2) is 36.7 Å². The molecule has 3 aromatic rings. The van der Waals surface area contributed by atoms with Crippen molar-refractivity contribution < 1.29 is 0 Å². The third-order valence-electron chi connectivity index (χ3n) is 2.24. The molecule has 0 atom stereocenters. The predicted octanol–water partition coefficient (Wildman–Crippen LogP) is 2.52. The van der Waals surface area contributed by atoms with Gasteiger partial charge in [-0.3, -0.25) is 4.98 Å². The van der Waals surface area contributed by atoms with Crippen LogP contribution in [0, 0.1) is 6.07 Å². The van der Waals surface area contributed by atoms with Crippen LogP contribution in [0.5, 0.6) is 0 Å². The molecule has 2 heteroatoms. The van der Waals surface area contributed by atoms with E-state index in [-0.39, 0.29) is 0 Å². The lowest BCUT2D eigenvalue weighted by atomic mass is 10.2. The standard InChI is InChI=1S/C11H7N2/c1-2-4-10-8(3-1)9-5-6-12-7-11(9)13-10/h2-7,13H. The molecule has 0 aliphatic carbocycles. The monoisotopic (exact) mass is 167 g/mol. The van der Waals surface area contributed by atoms with Gasteiger partial charge in [0.1, 0.15) is 0 Å². The number of aromatic nitrogens is 2. The fourth-order valence-electron chi connectivity index (χ4n) is 1.64. The summed E-state index contributed by atoms with van der Waals surface area (Å²) < 4.78 is 0. The fourth-order valence-corrected chi connectivity index (χ4v) is 1.64. The zero-order valence-corrected chi connectivity index (χ0v) is 6.91. The molecule has 2 heterocycles. The van der Waals surface area contributed by atoms with E-state index in [1.165, 1.54) is 10.8 Å². The third-order valence-corrected chi connectivity index (χ3v) is 2.24. The highest BCUT2D eigenvalue weighted by atomic mass is 14.7. The van der Waals surface area contributed by atoms with Crippen LogP contribution in [0.25, 0.3) is 21.8 Å². The number of nitrogens with zero attached hydrogens (tertiary/aromatic N) is 1. The van der Waals surface area contributed by atoms with E-state index in [0.717, 1.165) is 11.0 Å². The molecule has 1 N–H and O–H groups in total. The van der Waals surface area contributed by atoms with Crippen LogP contribution >= 0.6 is 0 Å². The molecule has 1 radical (unpaired) electrons. The summed E-state index contributed by atoms with van der Waals surface area (Å²) in [6, 6.07) is 11.0. The number of benzene rings is 1.